The van der Waals surface area contributed by atoms with Gasteiger partial charge in [-0.05, 0) is 98.4 Å². The standard InChI is InChI=1S/C27H22Br3ClN4O3/c1-2-3-4-24-34-23-10-5-17(28)13-20(23)27(37)35(24)32-14-16-11-21(29)26(22(30)12-16)38-15-25(36)33-19-8-6-18(31)7-9-19/h5-14H,2-4,15H2,1H3,(H,33,36). The summed E-state index contributed by atoms with van der Waals surface area (Å²) in [6, 6.07) is 15.8. The summed E-state index contributed by atoms with van der Waals surface area (Å²) < 4.78 is 9.13. The quantitative estimate of drug-likeness (QED) is 0.181. The van der Waals surface area contributed by atoms with Crippen molar-refractivity contribution in [3.05, 3.63) is 94.8 Å². The molecule has 0 atom stereocenters. The van der Waals surface area contributed by atoms with Crippen molar-refractivity contribution in [3.8, 4) is 5.75 Å². The summed E-state index contributed by atoms with van der Waals surface area (Å²) in [5, 5.41) is 8.32. The van der Waals surface area contributed by atoms with Crippen molar-refractivity contribution in [2.24, 2.45) is 5.10 Å². The minimum atomic E-state index is -0.314. The van der Waals surface area contributed by atoms with Gasteiger partial charge in [0.25, 0.3) is 11.5 Å². The third-order valence-electron chi connectivity index (χ3n) is 5.45. The number of carbonyl (C=O) groups is 1. The number of hydrogen-bond acceptors (Lipinski definition) is 5. The van der Waals surface area contributed by atoms with Crippen LogP contribution in [-0.2, 0) is 11.2 Å². The number of halogens is 4. The average molecular weight is 726 g/mol. The van der Waals surface area contributed by atoms with Gasteiger partial charge in [0.05, 0.1) is 26.1 Å². The first-order chi connectivity index (χ1) is 18.2. The number of aryl methyl sites for hydroxylation is 1. The molecule has 0 aliphatic heterocycles. The van der Waals surface area contributed by atoms with Crippen molar-refractivity contribution in [3.63, 3.8) is 0 Å². The summed E-state index contributed by atoms with van der Waals surface area (Å²) >= 11 is 16.3. The van der Waals surface area contributed by atoms with Gasteiger partial charge in [-0.1, -0.05) is 40.9 Å². The van der Waals surface area contributed by atoms with Gasteiger partial charge in [-0.2, -0.15) is 9.78 Å². The average Bonchev–Trinajstić information content (AvgIpc) is 2.88. The van der Waals surface area contributed by atoms with E-state index in [1.807, 2.05) is 12.1 Å². The summed E-state index contributed by atoms with van der Waals surface area (Å²) in [6.07, 6.45) is 4.08. The summed E-state index contributed by atoms with van der Waals surface area (Å²) in [7, 11) is 0. The van der Waals surface area contributed by atoms with Gasteiger partial charge in [0, 0.05) is 21.6 Å². The molecule has 11 heteroatoms. The summed E-state index contributed by atoms with van der Waals surface area (Å²) in [4.78, 5) is 30.3. The number of anilines is 1. The number of aromatic nitrogens is 2. The Morgan fingerprint density at radius 2 is 1.82 bits per heavy atom. The number of carbonyl (C=O) groups excluding carboxylic acids is 1. The van der Waals surface area contributed by atoms with Gasteiger partial charge in [-0.25, -0.2) is 4.98 Å². The molecule has 0 aliphatic carbocycles. The van der Waals surface area contributed by atoms with Crippen LogP contribution in [0, 0.1) is 0 Å². The topological polar surface area (TPSA) is 85.6 Å². The van der Waals surface area contributed by atoms with Gasteiger partial charge in [0.1, 0.15) is 11.6 Å². The van der Waals surface area contributed by atoms with Crippen molar-refractivity contribution in [2.75, 3.05) is 11.9 Å². The van der Waals surface area contributed by atoms with Crippen LogP contribution in [0.5, 0.6) is 5.75 Å². The fourth-order valence-electron chi connectivity index (χ4n) is 3.59. The lowest BCUT2D eigenvalue weighted by molar-refractivity contribution is -0.118. The molecule has 1 aromatic heterocycles. The van der Waals surface area contributed by atoms with Crippen molar-refractivity contribution in [1.29, 1.82) is 0 Å². The zero-order chi connectivity index (χ0) is 27.2. The fraction of sp³-hybridized carbons (Fsp3) is 0.185. The normalized spacial score (nSPS) is 11.3. The maximum Gasteiger partial charge on any atom is 0.282 e. The van der Waals surface area contributed by atoms with E-state index < -0.39 is 0 Å². The van der Waals surface area contributed by atoms with Crippen LogP contribution in [0.4, 0.5) is 5.69 Å². The highest BCUT2D eigenvalue weighted by atomic mass is 79.9. The molecule has 0 aliphatic rings. The zero-order valence-corrected chi connectivity index (χ0v) is 25.7. The Balaban J connectivity index is 1.54. The highest BCUT2D eigenvalue weighted by molar-refractivity contribution is 9.11. The molecule has 38 heavy (non-hydrogen) atoms. The van der Waals surface area contributed by atoms with Crippen LogP contribution < -0.4 is 15.6 Å². The van der Waals surface area contributed by atoms with Gasteiger partial charge in [-0.15, -0.1) is 0 Å². The first kappa shape index (κ1) is 28.5. The molecule has 4 aromatic rings. The third kappa shape index (κ3) is 7.11. The lowest BCUT2D eigenvalue weighted by Crippen LogP contribution is -2.22. The van der Waals surface area contributed by atoms with Gasteiger partial charge < -0.3 is 10.1 Å². The Labute approximate surface area is 249 Å². The molecule has 1 heterocycles. The largest absolute Gasteiger partial charge is 0.481 e. The van der Waals surface area contributed by atoms with E-state index in [0.29, 0.717) is 54.1 Å². The summed E-state index contributed by atoms with van der Waals surface area (Å²) in [5.41, 5.74) is 1.74. The molecule has 0 unspecified atom stereocenters. The molecule has 0 fully saturated rings. The molecule has 0 saturated heterocycles. The molecule has 196 valence electrons. The minimum Gasteiger partial charge on any atom is -0.481 e. The lowest BCUT2D eigenvalue weighted by atomic mass is 10.2. The number of nitrogens with zero attached hydrogens (tertiary/aromatic N) is 3. The Morgan fingerprint density at radius 1 is 1.11 bits per heavy atom. The van der Waals surface area contributed by atoms with E-state index in [1.54, 1.807) is 48.7 Å². The van der Waals surface area contributed by atoms with Crippen LogP contribution in [0.15, 0.2) is 77.9 Å². The Kier molecular flexibility index (Phi) is 9.75. The highest BCUT2D eigenvalue weighted by Gasteiger charge is 2.13. The molecule has 1 amide bonds. The van der Waals surface area contributed by atoms with Gasteiger partial charge >= 0.3 is 0 Å². The van der Waals surface area contributed by atoms with Gasteiger partial charge in [0.2, 0.25) is 0 Å². The Bertz CT molecular complexity index is 1550. The monoisotopic (exact) mass is 722 g/mol. The molecule has 0 radical (unpaired) electrons. The number of nitrogens with one attached hydrogen (secondary N) is 1. The molecule has 0 bridgehead atoms. The smallest absolute Gasteiger partial charge is 0.282 e. The van der Waals surface area contributed by atoms with E-state index in [9.17, 15) is 9.59 Å². The number of hydrogen-bond donors (Lipinski definition) is 1. The number of rotatable bonds is 9. The first-order valence-corrected chi connectivity index (χ1v) is 14.4. The van der Waals surface area contributed by atoms with Crippen molar-refractivity contribution >= 4 is 88.1 Å². The fourth-order valence-corrected chi connectivity index (χ4v) is 5.53. The van der Waals surface area contributed by atoms with Gasteiger partial charge in [0.15, 0.2) is 6.61 Å². The van der Waals surface area contributed by atoms with Crippen molar-refractivity contribution in [1.82, 2.24) is 9.66 Å². The van der Waals surface area contributed by atoms with E-state index >= 15 is 0 Å². The Morgan fingerprint density at radius 3 is 2.50 bits per heavy atom. The second kappa shape index (κ2) is 13.0. The predicted molar refractivity (Wildman–Crippen MR) is 163 cm³/mol. The lowest BCUT2D eigenvalue weighted by Gasteiger charge is -2.12. The second-order valence-corrected chi connectivity index (χ2v) is 11.4. The maximum absolute atomic E-state index is 13.3. The zero-order valence-electron chi connectivity index (χ0n) is 20.2. The number of benzene rings is 3. The SMILES string of the molecule is CCCCc1nc2ccc(Br)cc2c(=O)n1N=Cc1cc(Br)c(OCC(=O)Nc2ccc(Cl)cc2)c(Br)c1. The van der Waals surface area contributed by atoms with Crippen LogP contribution in [0.1, 0.15) is 31.2 Å². The number of unbranched alkanes of at least 4 members (excludes halogenated alkanes) is 1. The molecule has 3 aromatic carbocycles. The van der Waals surface area contributed by atoms with E-state index in [0.717, 1.165) is 17.3 Å². The van der Waals surface area contributed by atoms with Gasteiger partial charge in [-0.3, -0.25) is 9.59 Å². The van der Waals surface area contributed by atoms with E-state index in [2.05, 4.69) is 65.1 Å². The summed E-state index contributed by atoms with van der Waals surface area (Å²) in [5.74, 6) is 0.755. The molecular formula is C27H22Br3ClN4O3. The number of fused-ring (bicyclic) bond motifs is 1. The van der Waals surface area contributed by atoms with Crippen LogP contribution >= 0.6 is 59.4 Å². The van der Waals surface area contributed by atoms with Crippen molar-refractivity contribution < 1.29 is 9.53 Å². The van der Waals surface area contributed by atoms with E-state index in [4.69, 9.17) is 21.3 Å². The van der Waals surface area contributed by atoms with Crippen LogP contribution in [0.3, 0.4) is 0 Å². The molecular weight excluding hydrogens is 703 g/mol. The highest BCUT2D eigenvalue weighted by Crippen LogP contribution is 2.34. The van der Waals surface area contributed by atoms with E-state index in [1.165, 1.54) is 4.68 Å². The third-order valence-corrected chi connectivity index (χ3v) is 7.37. The predicted octanol–water partition coefficient (Wildman–Crippen LogP) is 7.58. The molecule has 1 N–H and O–H groups in total. The molecule has 0 spiro atoms. The van der Waals surface area contributed by atoms with Crippen LogP contribution in [-0.4, -0.2) is 28.4 Å². The second-order valence-electron chi connectivity index (χ2n) is 8.31. The number of ether oxygens (including phenoxy) is 1. The minimum absolute atomic E-state index is 0.193. The molecule has 7 nitrogen and oxygen atoms in total. The molecule has 0 saturated carbocycles. The first-order valence-electron chi connectivity index (χ1n) is 11.7. The Hall–Kier alpha value is -2.53. The maximum atomic E-state index is 13.3. The number of amides is 1. The molecule has 4 rings (SSSR count). The van der Waals surface area contributed by atoms with E-state index in [-0.39, 0.29) is 18.1 Å². The van der Waals surface area contributed by atoms with Crippen LogP contribution in [0.2, 0.25) is 5.02 Å². The van der Waals surface area contributed by atoms with Crippen molar-refractivity contribution in [2.45, 2.75) is 26.2 Å². The summed E-state index contributed by atoms with van der Waals surface area (Å²) in [6.45, 7) is 1.89. The van der Waals surface area contributed by atoms with Crippen LogP contribution in [0.25, 0.3) is 10.9 Å².